The maximum absolute atomic E-state index is 12.7. The van der Waals surface area contributed by atoms with E-state index < -0.39 is 30.7 Å². The van der Waals surface area contributed by atoms with Crippen molar-refractivity contribution in [1.29, 1.82) is 0 Å². The van der Waals surface area contributed by atoms with Gasteiger partial charge in [-0.25, -0.2) is 0 Å². The van der Waals surface area contributed by atoms with Gasteiger partial charge < -0.3 is 29.5 Å². The summed E-state index contributed by atoms with van der Waals surface area (Å²) in [6.07, 6.45) is 40.8. The van der Waals surface area contributed by atoms with Gasteiger partial charge in [0.2, 0.25) is 0 Å². The monoisotopic (exact) mass is 923 g/mol. The molecule has 14 unspecified atom stereocenters. The zero-order valence-corrected chi connectivity index (χ0v) is 43.6. The summed E-state index contributed by atoms with van der Waals surface area (Å²) in [5.41, 5.74) is 2.05. The van der Waals surface area contributed by atoms with Crippen LogP contribution in [0.3, 0.4) is 0 Å². The lowest BCUT2D eigenvalue weighted by atomic mass is 9.47. The van der Waals surface area contributed by atoms with Gasteiger partial charge in [0.1, 0.15) is 31.0 Å². The minimum Gasteiger partial charge on any atom is -0.463 e. The number of hydrogen-bond acceptors (Lipinski definition) is 7. The molecule has 14 atom stereocenters. The van der Waals surface area contributed by atoms with Gasteiger partial charge in [-0.15, -0.1) is 0 Å². The standard InChI is InChI=1S/C59H102O7/c1-8-10-11-12-13-14-15-16-17-18-19-20-21-22-23-24-25-26-27-28-29-30-53(60)64-42-52-54(61)55(62)56(63)57(66-52)65-47-37-39-58(6)46(41-47)33-34-48-50-36-35-49(59(50,7)40-38-51(48)58)44(5)31-32-45(9-2)43(3)4/h18-19,31-33,43-45,47-52,54-57,61-63H,8-17,20-30,34-42H2,1-7H3/b19-18-,32-31+. The summed E-state index contributed by atoms with van der Waals surface area (Å²) in [6.45, 7) is 16.8. The number of carbonyl (C=O) groups is 1. The Hall–Kier alpha value is -1.51. The van der Waals surface area contributed by atoms with Crippen LogP contribution < -0.4 is 0 Å². The number of aliphatic hydroxyl groups excluding tert-OH is 3. The Labute approximate surface area is 405 Å². The van der Waals surface area contributed by atoms with Gasteiger partial charge in [0.25, 0.3) is 0 Å². The Bertz CT molecular complexity index is 1470. The Morgan fingerprint density at radius 3 is 1.98 bits per heavy atom. The third-order valence-electron chi connectivity index (χ3n) is 18.3. The van der Waals surface area contributed by atoms with Crippen molar-refractivity contribution in [2.45, 2.75) is 271 Å². The summed E-state index contributed by atoms with van der Waals surface area (Å²) in [4.78, 5) is 12.7. The number of allylic oxidation sites excluding steroid dienone is 5. The molecule has 4 aliphatic carbocycles. The van der Waals surface area contributed by atoms with Gasteiger partial charge in [0.05, 0.1) is 6.10 Å². The Morgan fingerprint density at radius 1 is 0.742 bits per heavy atom. The van der Waals surface area contributed by atoms with Crippen molar-refractivity contribution in [3.63, 3.8) is 0 Å². The topological polar surface area (TPSA) is 105 Å². The lowest BCUT2D eigenvalue weighted by Gasteiger charge is -2.58. The molecular weight excluding hydrogens is 821 g/mol. The highest BCUT2D eigenvalue weighted by Gasteiger charge is 2.59. The van der Waals surface area contributed by atoms with Gasteiger partial charge in [-0.1, -0.05) is 174 Å². The van der Waals surface area contributed by atoms with Crippen LogP contribution in [-0.4, -0.2) is 64.7 Å². The second-order valence-electron chi connectivity index (χ2n) is 23.2. The maximum Gasteiger partial charge on any atom is 0.305 e. The van der Waals surface area contributed by atoms with E-state index in [0.29, 0.717) is 35.5 Å². The molecule has 0 aromatic rings. The molecule has 1 heterocycles. The van der Waals surface area contributed by atoms with Crippen LogP contribution in [0.5, 0.6) is 0 Å². The molecule has 4 fully saturated rings. The van der Waals surface area contributed by atoms with E-state index >= 15 is 0 Å². The zero-order valence-electron chi connectivity index (χ0n) is 43.6. The molecule has 380 valence electrons. The van der Waals surface area contributed by atoms with Crippen LogP contribution in [0.4, 0.5) is 0 Å². The van der Waals surface area contributed by atoms with Crippen molar-refractivity contribution in [2.24, 2.45) is 52.3 Å². The van der Waals surface area contributed by atoms with Gasteiger partial charge in [-0.05, 0) is 142 Å². The fourth-order valence-corrected chi connectivity index (χ4v) is 13.9. The molecule has 0 amide bonds. The largest absolute Gasteiger partial charge is 0.463 e. The first-order chi connectivity index (χ1) is 31.8. The van der Waals surface area contributed by atoms with Crippen molar-refractivity contribution in [1.82, 2.24) is 0 Å². The summed E-state index contributed by atoms with van der Waals surface area (Å²) >= 11 is 0. The molecule has 3 saturated carbocycles. The summed E-state index contributed by atoms with van der Waals surface area (Å²) in [6, 6.07) is 0. The minimum absolute atomic E-state index is 0.150. The molecular formula is C59H102O7. The van der Waals surface area contributed by atoms with E-state index in [9.17, 15) is 20.1 Å². The van der Waals surface area contributed by atoms with Gasteiger partial charge in [-0.2, -0.15) is 0 Å². The summed E-state index contributed by atoms with van der Waals surface area (Å²) in [7, 11) is 0. The minimum atomic E-state index is -1.45. The maximum atomic E-state index is 12.7. The molecule has 0 radical (unpaired) electrons. The van der Waals surface area contributed by atoms with E-state index in [1.807, 2.05) is 0 Å². The molecule has 0 bridgehead atoms. The van der Waals surface area contributed by atoms with Crippen LogP contribution >= 0.6 is 0 Å². The average molecular weight is 923 g/mol. The Kier molecular flexibility index (Phi) is 23.8. The van der Waals surface area contributed by atoms with Gasteiger partial charge >= 0.3 is 5.97 Å². The normalized spacial score (nSPS) is 34.3. The van der Waals surface area contributed by atoms with Gasteiger partial charge in [0, 0.05) is 6.42 Å². The molecule has 0 aromatic heterocycles. The van der Waals surface area contributed by atoms with Crippen LogP contribution in [0.1, 0.15) is 235 Å². The fourth-order valence-electron chi connectivity index (χ4n) is 13.9. The second kappa shape index (κ2) is 28.4. The molecule has 0 aromatic carbocycles. The third kappa shape index (κ3) is 15.5. The summed E-state index contributed by atoms with van der Waals surface area (Å²) in [5.74, 6) is 4.61. The Morgan fingerprint density at radius 2 is 1.36 bits per heavy atom. The van der Waals surface area contributed by atoms with Crippen LogP contribution in [-0.2, 0) is 19.0 Å². The van der Waals surface area contributed by atoms with Gasteiger partial charge in [0.15, 0.2) is 6.29 Å². The molecule has 1 saturated heterocycles. The summed E-state index contributed by atoms with van der Waals surface area (Å²) in [5, 5.41) is 32.6. The number of ether oxygens (including phenoxy) is 3. The first-order valence-corrected chi connectivity index (χ1v) is 28.4. The highest BCUT2D eigenvalue weighted by molar-refractivity contribution is 5.69. The van der Waals surface area contributed by atoms with Crippen LogP contribution in [0.15, 0.2) is 36.0 Å². The molecule has 66 heavy (non-hydrogen) atoms. The van der Waals surface area contributed by atoms with E-state index in [1.165, 1.54) is 140 Å². The fraction of sp³-hybridized carbons (Fsp3) is 0.881. The van der Waals surface area contributed by atoms with Crippen molar-refractivity contribution in [2.75, 3.05) is 6.61 Å². The quantitative estimate of drug-likeness (QED) is 0.0374. The van der Waals surface area contributed by atoms with Crippen LogP contribution in [0.2, 0.25) is 0 Å². The lowest BCUT2D eigenvalue weighted by molar-refractivity contribution is -0.313. The highest BCUT2D eigenvalue weighted by atomic mass is 16.7. The molecule has 3 N–H and O–H groups in total. The average Bonchev–Trinajstić information content (AvgIpc) is 3.66. The molecule has 7 nitrogen and oxygen atoms in total. The number of unbranched alkanes of at least 4 members (excludes halogenated alkanes) is 17. The smallest absolute Gasteiger partial charge is 0.305 e. The van der Waals surface area contributed by atoms with Crippen molar-refractivity contribution < 1.29 is 34.3 Å². The zero-order chi connectivity index (χ0) is 47.5. The second-order valence-corrected chi connectivity index (χ2v) is 23.2. The van der Waals surface area contributed by atoms with E-state index in [0.717, 1.165) is 62.7 Å². The van der Waals surface area contributed by atoms with Crippen molar-refractivity contribution in [3.05, 3.63) is 36.0 Å². The number of fused-ring (bicyclic) bond motifs is 5. The first-order valence-electron chi connectivity index (χ1n) is 28.4. The first kappa shape index (κ1) is 55.4. The van der Waals surface area contributed by atoms with Crippen LogP contribution in [0, 0.1) is 52.3 Å². The Balaban J connectivity index is 0.948. The van der Waals surface area contributed by atoms with Crippen LogP contribution in [0.25, 0.3) is 0 Å². The molecule has 5 aliphatic rings. The molecule has 7 heteroatoms. The van der Waals surface area contributed by atoms with Crippen molar-refractivity contribution >= 4 is 5.97 Å². The van der Waals surface area contributed by atoms with E-state index in [1.54, 1.807) is 0 Å². The number of hydrogen-bond donors (Lipinski definition) is 3. The number of esters is 1. The van der Waals surface area contributed by atoms with Gasteiger partial charge in [-0.3, -0.25) is 4.79 Å². The molecule has 5 rings (SSSR count). The third-order valence-corrected chi connectivity index (χ3v) is 18.3. The lowest BCUT2D eigenvalue weighted by Crippen LogP contribution is -2.60. The van der Waals surface area contributed by atoms with E-state index in [2.05, 4.69) is 78.8 Å². The predicted molar refractivity (Wildman–Crippen MR) is 272 cm³/mol. The number of rotatable bonds is 30. The SMILES string of the molecule is CCCCCCCCCC/C=C\CCCCCCCCCCCC(=O)OCC1OC(OC2CCC3(C)C(=CCC4C3CCC3(C)C(C(C)/C=C/C(CC)C(C)C)CCC43)C2)C(O)C(O)C1O. The summed E-state index contributed by atoms with van der Waals surface area (Å²) < 4.78 is 18.1. The predicted octanol–water partition coefficient (Wildman–Crippen LogP) is 14.6. The van der Waals surface area contributed by atoms with E-state index in [4.69, 9.17) is 14.2 Å². The van der Waals surface area contributed by atoms with E-state index in [-0.39, 0.29) is 24.1 Å². The van der Waals surface area contributed by atoms with Crippen molar-refractivity contribution in [3.8, 4) is 0 Å². The molecule has 0 spiro atoms. The highest BCUT2D eigenvalue weighted by Crippen LogP contribution is 2.67. The molecule has 1 aliphatic heterocycles. The number of aliphatic hydroxyl groups is 3. The number of carbonyl (C=O) groups excluding carboxylic acids is 1.